The molecule has 0 radical (unpaired) electrons. The lowest BCUT2D eigenvalue weighted by molar-refractivity contribution is -0.136. The molecule has 4 aliphatic heterocycles. The molecule has 296 valence electrons. The molecule has 2 unspecified atom stereocenters. The van der Waals surface area contributed by atoms with Crippen molar-refractivity contribution in [3.8, 4) is 5.75 Å². The molecule has 2 aromatic rings. The molecule has 3 saturated heterocycles. The first-order chi connectivity index (χ1) is 26.1. The number of sulfonamides is 1. The Morgan fingerprint density at radius 1 is 1.00 bits per heavy atom. The quantitative estimate of drug-likeness (QED) is 0.425. The van der Waals surface area contributed by atoms with Crippen LogP contribution in [0.4, 0.5) is 0 Å². The molecule has 55 heavy (non-hydrogen) atoms. The van der Waals surface area contributed by atoms with E-state index in [4.69, 9.17) is 9.47 Å². The van der Waals surface area contributed by atoms with E-state index in [1.807, 2.05) is 23.1 Å². The molecule has 1 saturated carbocycles. The van der Waals surface area contributed by atoms with Gasteiger partial charge in [-0.3, -0.25) is 9.59 Å². The predicted octanol–water partition coefficient (Wildman–Crippen LogP) is 3.80. The number of allylic oxidation sites excluding steroid dienone is 4. The normalized spacial score (nSPS) is 29.4. The minimum atomic E-state index is -4.04. The molecular weight excluding hydrogens is 743 g/mol. The summed E-state index contributed by atoms with van der Waals surface area (Å²) in [7, 11) is -3.09. The van der Waals surface area contributed by atoms with Crippen molar-refractivity contribution in [2.24, 2.45) is 16.7 Å². The van der Waals surface area contributed by atoms with Gasteiger partial charge < -0.3 is 18.9 Å². The number of likely N-dealkylation sites (tertiary alicyclic amines) is 1. The number of nitrogens with one attached hydrogen (secondary N) is 1. The van der Waals surface area contributed by atoms with E-state index in [9.17, 15) is 21.6 Å². The molecule has 7 aliphatic rings. The highest BCUT2D eigenvalue weighted by atomic mass is 32.2. The molecule has 3 aliphatic carbocycles. The largest absolute Gasteiger partial charge is 0.496 e. The van der Waals surface area contributed by atoms with E-state index in [-0.39, 0.29) is 5.91 Å². The maximum atomic E-state index is 15.2. The fourth-order valence-corrected chi connectivity index (χ4v) is 12.8. The van der Waals surface area contributed by atoms with Crippen molar-refractivity contribution in [2.75, 3.05) is 60.6 Å². The zero-order chi connectivity index (χ0) is 38.8. The van der Waals surface area contributed by atoms with Crippen LogP contribution < -0.4 is 9.46 Å². The van der Waals surface area contributed by atoms with Gasteiger partial charge >= 0.3 is 10.2 Å². The number of benzene rings is 1. The van der Waals surface area contributed by atoms with Crippen molar-refractivity contribution in [1.29, 1.82) is 0 Å². The molecule has 13 nitrogen and oxygen atoms in total. The second-order valence-electron chi connectivity index (χ2n) is 17.3. The second kappa shape index (κ2) is 12.8. The summed E-state index contributed by atoms with van der Waals surface area (Å²) in [6.07, 6.45) is 10.2. The van der Waals surface area contributed by atoms with Gasteiger partial charge in [0.2, 0.25) is 15.9 Å². The molecule has 1 N–H and O–H groups in total. The smallest absolute Gasteiger partial charge is 0.303 e. The topological polar surface area (TPSA) is 148 Å². The Bertz CT molecular complexity index is 2320. The van der Waals surface area contributed by atoms with E-state index in [1.165, 1.54) is 26.1 Å². The molecule has 2 amide bonds. The van der Waals surface area contributed by atoms with Crippen LogP contribution in [0.15, 0.2) is 52.6 Å². The number of hydrogen-bond donors (Lipinski definition) is 1. The van der Waals surface area contributed by atoms with Gasteiger partial charge in [0.25, 0.3) is 5.91 Å². The third kappa shape index (κ3) is 5.46. The van der Waals surface area contributed by atoms with Crippen molar-refractivity contribution in [2.45, 2.75) is 76.0 Å². The third-order valence-electron chi connectivity index (χ3n) is 13.8. The first kappa shape index (κ1) is 37.1. The standard InChI is InChI=1S/C40H51N5O8S2/c1-24(2)54(48,49)44-20-39-18-43(19-40(39,21-44)23-53-22-39)38(47)28-13-9-12-27-33(28)31-16-29-32(52-5)15-14-26(25-10-7-6-8-11-25)36(29)45(31)17-30-34(27)35(30)37(46)41-55(50,51)42(3)4/h9,12,14-16,24-25,28,33H,6-8,10-11,13,17-23H2,1-5H3,(H,41,46)/t28-,33-,39?,40?/m1/s1. The SMILES string of the molecule is COc1ccc(C2CCCCC2)c2c1cc1n2CC2=C(C(=O)NS(=O)(=O)N(C)C)C2=C2C=CC[C@@H](C(=O)N3CC45COCC4(C3)CN(S(=O)(=O)C(C)C)C5)[C@@H]21. The summed E-state index contributed by atoms with van der Waals surface area (Å²) in [5.41, 5.74) is 5.04. The van der Waals surface area contributed by atoms with E-state index >= 15 is 4.79 Å². The average molecular weight is 794 g/mol. The van der Waals surface area contributed by atoms with Gasteiger partial charge in [0.15, 0.2) is 0 Å². The maximum Gasteiger partial charge on any atom is 0.303 e. The van der Waals surface area contributed by atoms with E-state index < -0.39 is 54.1 Å². The van der Waals surface area contributed by atoms with Crippen LogP contribution in [0.2, 0.25) is 0 Å². The number of carbonyl (C=O) groups excluding carboxylic acids is 2. The lowest BCUT2D eigenvalue weighted by Crippen LogP contribution is -2.45. The van der Waals surface area contributed by atoms with Gasteiger partial charge in [-0.15, -0.1) is 0 Å². The minimum absolute atomic E-state index is 0.00216. The van der Waals surface area contributed by atoms with Crippen molar-refractivity contribution >= 4 is 42.9 Å². The molecule has 4 atom stereocenters. The maximum absolute atomic E-state index is 15.2. The van der Waals surface area contributed by atoms with Gasteiger partial charge in [0.05, 0.1) is 42.6 Å². The number of carbonyl (C=O) groups is 2. The second-order valence-corrected chi connectivity index (χ2v) is 21.7. The highest BCUT2D eigenvalue weighted by molar-refractivity contribution is 7.89. The fourth-order valence-electron chi connectivity index (χ4n) is 10.9. The number of amides is 2. The van der Waals surface area contributed by atoms with Gasteiger partial charge in [0, 0.05) is 74.6 Å². The lowest BCUT2D eigenvalue weighted by atomic mass is 9.71. The Morgan fingerprint density at radius 2 is 1.69 bits per heavy atom. The van der Waals surface area contributed by atoms with Crippen LogP contribution in [-0.2, 0) is 41.1 Å². The zero-order valence-electron chi connectivity index (χ0n) is 32.3. The molecule has 5 heterocycles. The van der Waals surface area contributed by atoms with Crippen LogP contribution in [0.25, 0.3) is 10.9 Å². The summed E-state index contributed by atoms with van der Waals surface area (Å²) in [5, 5.41) is 0.437. The van der Waals surface area contributed by atoms with E-state index in [0.29, 0.717) is 63.8 Å². The molecule has 1 aromatic heterocycles. The summed E-state index contributed by atoms with van der Waals surface area (Å²) in [6.45, 7) is 6.09. The number of rotatable bonds is 8. The number of hydrogen-bond acceptors (Lipinski definition) is 8. The molecule has 1 aromatic carbocycles. The van der Waals surface area contributed by atoms with Gasteiger partial charge in [0.1, 0.15) is 5.75 Å². The monoisotopic (exact) mass is 793 g/mol. The Balaban J connectivity index is 1.15. The number of ether oxygens (including phenoxy) is 2. The lowest BCUT2D eigenvalue weighted by Gasteiger charge is -2.35. The molecule has 9 rings (SSSR count). The predicted molar refractivity (Wildman–Crippen MR) is 207 cm³/mol. The number of nitrogens with zero attached hydrogens (tertiary/aromatic N) is 4. The zero-order valence-corrected chi connectivity index (χ0v) is 33.9. The first-order valence-corrected chi connectivity index (χ1v) is 22.5. The molecule has 0 spiro atoms. The van der Waals surface area contributed by atoms with E-state index in [2.05, 4.69) is 21.4 Å². The Kier molecular flexibility index (Phi) is 8.60. The fraction of sp³-hybridized carbons (Fsp3) is 0.600. The van der Waals surface area contributed by atoms with Crippen LogP contribution in [-0.4, -0.2) is 113 Å². The summed E-state index contributed by atoms with van der Waals surface area (Å²) in [4.78, 5) is 30.9. The molecule has 0 bridgehead atoms. The Morgan fingerprint density at radius 3 is 2.33 bits per heavy atom. The van der Waals surface area contributed by atoms with Crippen LogP contribution >= 0.6 is 0 Å². The average Bonchev–Trinajstić information content (AvgIpc) is 3.30. The number of aromatic nitrogens is 1. The minimum Gasteiger partial charge on any atom is -0.496 e. The Hall–Kier alpha value is -3.50. The summed E-state index contributed by atoms with van der Waals surface area (Å²) >= 11 is 0. The molecule has 15 heteroatoms. The highest BCUT2D eigenvalue weighted by Gasteiger charge is 2.68. The number of fused-ring (bicyclic) bond motifs is 6. The van der Waals surface area contributed by atoms with Gasteiger partial charge in [-0.1, -0.05) is 37.5 Å². The van der Waals surface area contributed by atoms with Crippen molar-refractivity contribution in [3.63, 3.8) is 0 Å². The highest BCUT2D eigenvalue weighted by Crippen LogP contribution is 2.59. The summed E-state index contributed by atoms with van der Waals surface area (Å²) < 4.78 is 71.5. The first-order valence-electron chi connectivity index (χ1n) is 19.6. The number of methoxy groups -OCH3 is 1. The van der Waals surface area contributed by atoms with Crippen molar-refractivity contribution in [3.05, 3.63) is 63.9 Å². The van der Waals surface area contributed by atoms with Crippen molar-refractivity contribution < 1.29 is 35.9 Å². The van der Waals surface area contributed by atoms with Gasteiger partial charge in [-0.2, -0.15) is 12.7 Å². The van der Waals surface area contributed by atoms with Crippen molar-refractivity contribution in [1.82, 2.24) is 22.8 Å². The van der Waals surface area contributed by atoms with Crippen LogP contribution in [0, 0.1) is 16.7 Å². The van der Waals surface area contributed by atoms with Crippen LogP contribution in [0.1, 0.15) is 75.5 Å². The molecule has 4 fully saturated rings. The van der Waals surface area contributed by atoms with Crippen LogP contribution in [0.3, 0.4) is 0 Å². The van der Waals surface area contributed by atoms with Crippen LogP contribution in [0.5, 0.6) is 5.75 Å². The van der Waals surface area contributed by atoms with E-state index in [0.717, 1.165) is 69.1 Å². The molecular formula is C40H51N5O8S2. The summed E-state index contributed by atoms with van der Waals surface area (Å²) in [5.74, 6) is -0.475. The van der Waals surface area contributed by atoms with E-state index in [1.54, 1.807) is 25.3 Å². The Labute approximate surface area is 323 Å². The van der Waals surface area contributed by atoms with Gasteiger partial charge in [-0.05, 0) is 73.4 Å². The van der Waals surface area contributed by atoms with Gasteiger partial charge in [-0.25, -0.2) is 17.4 Å². The third-order valence-corrected chi connectivity index (χ3v) is 17.4. The summed E-state index contributed by atoms with van der Waals surface area (Å²) in [6, 6.07) is 6.40.